The van der Waals surface area contributed by atoms with Crippen molar-refractivity contribution in [3.63, 3.8) is 0 Å². The van der Waals surface area contributed by atoms with E-state index in [9.17, 15) is 4.79 Å². The number of rotatable bonds is 4. The molecule has 5 heteroatoms. The minimum atomic E-state index is -0.419. The fourth-order valence-corrected chi connectivity index (χ4v) is 2.54. The predicted molar refractivity (Wildman–Crippen MR) is 76.9 cm³/mol. The molecule has 1 heterocycles. The third kappa shape index (κ3) is 5.78. The molecule has 0 aromatic heterocycles. The number of hydrogen-bond acceptors (Lipinski definition) is 4. The van der Waals surface area contributed by atoms with Crippen molar-refractivity contribution in [3.05, 3.63) is 0 Å². The van der Waals surface area contributed by atoms with E-state index in [0.717, 1.165) is 25.8 Å². The van der Waals surface area contributed by atoms with Gasteiger partial charge in [-0.15, -0.1) is 0 Å². The maximum Gasteiger partial charge on any atom is 0.410 e. The third-order valence-electron chi connectivity index (χ3n) is 3.11. The molecule has 1 fully saturated rings. The molecule has 0 radical (unpaired) electrons. The van der Waals surface area contributed by atoms with E-state index < -0.39 is 5.60 Å². The highest BCUT2D eigenvalue weighted by molar-refractivity contribution is 5.68. The lowest BCUT2D eigenvalue weighted by Crippen LogP contribution is -2.45. The van der Waals surface area contributed by atoms with Gasteiger partial charge in [0.1, 0.15) is 5.60 Å². The van der Waals surface area contributed by atoms with Crippen LogP contribution in [0, 0.1) is 0 Å². The van der Waals surface area contributed by atoms with Gasteiger partial charge in [-0.2, -0.15) is 0 Å². The number of hydrogen-bond donors (Lipinski definition) is 1. The molecule has 0 aliphatic carbocycles. The van der Waals surface area contributed by atoms with Crippen LogP contribution < -0.4 is 5.43 Å². The Morgan fingerprint density at radius 3 is 2.63 bits per heavy atom. The van der Waals surface area contributed by atoms with Gasteiger partial charge >= 0.3 is 6.09 Å². The Morgan fingerprint density at radius 2 is 2.11 bits per heavy atom. The fourth-order valence-electron chi connectivity index (χ4n) is 2.54. The standard InChI is InChI=1S/C14H29N3O2/c1-11(15-16(5)6)10-12-8-7-9-17(12)13(18)19-14(2,3)4/h11-12,15H,7-10H2,1-6H3. The predicted octanol–water partition coefficient (Wildman–Crippen LogP) is 2.23. The second-order valence-electron chi connectivity index (χ2n) is 6.63. The van der Waals surface area contributed by atoms with Crippen LogP contribution >= 0.6 is 0 Å². The molecule has 0 aromatic rings. The van der Waals surface area contributed by atoms with Crippen molar-refractivity contribution in [1.82, 2.24) is 15.3 Å². The lowest BCUT2D eigenvalue weighted by molar-refractivity contribution is 0.0209. The van der Waals surface area contributed by atoms with Crippen LogP contribution in [-0.2, 0) is 4.74 Å². The first-order valence-corrected chi connectivity index (χ1v) is 7.12. The monoisotopic (exact) mass is 271 g/mol. The van der Waals surface area contributed by atoms with Gasteiger partial charge in [0.15, 0.2) is 0 Å². The SMILES string of the molecule is CC(CC1CCCN1C(=O)OC(C)(C)C)NN(C)C. The topological polar surface area (TPSA) is 44.8 Å². The Morgan fingerprint density at radius 1 is 1.47 bits per heavy atom. The highest BCUT2D eigenvalue weighted by Crippen LogP contribution is 2.23. The molecule has 1 aliphatic rings. The molecule has 1 amide bonds. The third-order valence-corrected chi connectivity index (χ3v) is 3.11. The van der Waals surface area contributed by atoms with Gasteiger partial charge in [0.25, 0.3) is 0 Å². The number of likely N-dealkylation sites (tertiary alicyclic amines) is 1. The maximum atomic E-state index is 12.1. The quantitative estimate of drug-likeness (QED) is 0.796. The van der Waals surface area contributed by atoms with Crippen molar-refractivity contribution in [2.75, 3.05) is 20.6 Å². The van der Waals surface area contributed by atoms with Gasteiger partial charge in [-0.05, 0) is 47.0 Å². The summed E-state index contributed by atoms with van der Waals surface area (Å²) >= 11 is 0. The van der Waals surface area contributed by atoms with Crippen molar-refractivity contribution in [2.24, 2.45) is 0 Å². The van der Waals surface area contributed by atoms with Gasteiger partial charge in [0, 0.05) is 32.7 Å². The smallest absolute Gasteiger partial charge is 0.410 e. The Hall–Kier alpha value is -0.810. The summed E-state index contributed by atoms with van der Waals surface area (Å²) < 4.78 is 5.47. The molecular formula is C14H29N3O2. The van der Waals surface area contributed by atoms with Crippen molar-refractivity contribution in [1.29, 1.82) is 0 Å². The van der Waals surface area contributed by atoms with Crippen molar-refractivity contribution in [3.8, 4) is 0 Å². The summed E-state index contributed by atoms with van der Waals surface area (Å²) in [4.78, 5) is 14.0. The lowest BCUT2D eigenvalue weighted by atomic mass is 10.1. The number of nitrogens with one attached hydrogen (secondary N) is 1. The zero-order valence-corrected chi connectivity index (χ0v) is 13.2. The van der Waals surface area contributed by atoms with E-state index in [2.05, 4.69) is 12.3 Å². The second kappa shape index (κ2) is 6.57. The summed E-state index contributed by atoms with van der Waals surface area (Å²) in [6.45, 7) is 8.68. The zero-order valence-electron chi connectivity index (χ0n) is 13.2. The number of hydrazine groups is 1. The van der Waals surface area contributed by atoms with E-state index in [1.165, 1.54) is 0 Å². The number of ether oxygens (including phenoxy) is 1. The number of nitrogens with zero attached hydrogens (tertiary/aromatic N) is 2. The van der Waals surface area contributed by atoms with Gasteiger partial charge < -0.3 is 9.64 Å². The highest BCUT2D eigenvalue weighted by atomic mass is 16.6. The molecule has 19 heavy (non-hydrogen) atoms. The normalized spacial score (nSPS) is 21.8. The first-order chi connectivity index (χ1) is 8.69. The molecule has 1 aliphatic heterocycles. The molecule has 1 saturated heterocycles. The molecule has 0 saturated carbocycles. The number of carbonyl (C=O) groups is 1. The first-order valence-electron chi connectivity index (χ1n) is 7.12. The summed E-state index contributed by atoms with van der Waals surface area (Å²) in [5.41, 5.74) is 2.91. The molecular weight excluding hydrogens is 242 g/mol. The fraction of sp³-hybridized carbons (Fsp3) is 0.929. The van der Waals surface area contributed by atoms with E-state index in [4.69, 9.17) is 4.74 Å². The van der Waals surface area contributed by atoms with Crippen LogP contribution in [0.15, 0.2) is 0 Å². The summed E-state index contributed by atoms with van der Waals surface area (Å²) in [6, 6.07) is 0.639. The Bertz CT molecular complexity index is 300. The van der Waals surface area contributed by atoms with Crippen molar-refractivity contribution >= 4 is 6.09 Å². The van der Waals surface area contributed by atoms with Crippen LogP contribution in [0.4, 0.5) is 4.79 Å². The average molecular weight is 271 g/mol. The van der Waals surface area contributed by atoms with E-state index >= 15 is 0 Å². The molecule has 112 valence electrons. The molecule has 0 bridgehead atoms. The number of carbonyl (C=O) groups excluding carboxylic acids is 1. The largest absolute Gasteiger partial charge is 0.444 e. The van der Waals surface area contributed by atoms with Crippen LogP contribution in [0.5, 0.6) is 0 Å². The molecule has 2 unspecified atom stereocenters. The van der Waals surface area contributed by atoms with Crippen molar-refractivity contribution in [2.45, 2.75) is 64.6 Å². The Kier molecular flexibility index (Phi) is 5.62. The van der Waals surface area contributed by atoms with Crippen molar-refractivity contribution < 1.29 is 9.53 Å². The molecule has 1 rings (SSSR count). The maximum absolute atomic E-state index is 12.1. The van der Waals surface area contributed by atoms with E-state index in [1.807, 2.05) is 44.8 Å². The summed E-state index contributed by atoms with van der Waals surface area (Å²) in [7, 11) is 3.97. The Balaban J connectivity index is 2.52. The van der Waals surface area contributed by atoms with Gasteiger partial charge in [-0.3, -0.25) is 10.4 Å². The molecule has 1 N–H and O–H groups in total. The first kappa shape index (κ1) is 16.2. The zero-order chi connectivity index (χ0) is 14.6. The molecule has 2 atom stereocenters. The minimum absolute atomic E-state index is 0.174. The van der Waals surface area contributed by atoms with Gasteiger partial charge in [-0.25, -0.2) is 4.79 Å². The average Bonchev–Trinajstić information content (AvgIpc) is 2.61. The van der Waals surface area contributed by atoms with E-state index in [0.29, 0.717) is 6.04 Å². The molecule has 0 aromatic carbocycles. The van der Waals surface area contributed by atoms with Crippen LogP contribution in [0.2, 0.25) is 0 Å². The Labute approximate surface area is 117 Å². The second-order valence-corrected chi connectivity index (χ2v) is 6.63. The van der Waals surface area contributed by atoms with Gasteiger partial charge in [0.05, 0.1) is 0 Å². The highest BCUT2D eigenvalue weighted by Gasteiger charge is 2.32. The minimum Gasteiger partial charge on any atom is -0.444 e. The lowest BCUT2D eigenvalue weighted by Gasteiger charge is -2.30. The van der Waals surface area contributed by atoms with E-state index in [1.54, 1.807) is 0 Å². The van der Waals surface area contributed by atoms with E-state index in [-0.39, 0.29) is 12.1 Å². The van der Waals surface area contributed by atoms with Crippen LogP contribution in [0.1, 0.15) is 47.0 Å². The number of amides is 1. The molecule has 5 nitrogen and oxygen atoms in total. The summed E-state index contributed by atoms with van der Waals surface area (Å²) in [5, 5.41) is 1.96. The van der Waals surface area contributed by atoms with Gasteiger partial charge in [0.2, 0.25) is 0 Å². The van der Waals surface area contributed by atoms with Crippen LogP contribution in [0.3, 0.4) is 0 Å². The summed E-state index contributed by atoms with van der Waals surface area (Å²) in [6.07, 6.45) is 2.92. The molecule has 0 spiro atoms. The van der Waals surface area contributed by atoms with Gasteiger partial charge in [-0.1, -0.05) is 0 Å². The van der Waals surface area contributed by atoms with Crippen LogP contribution in [-0.4, -0.2) is 54.3 Å². The van der Waals surface area contributed by atoms with Crippen LogP contribution in [0.25, 0.3) is 0 Å². The summed E-state index contributed by atoms with van der Waals surface area (Å²) in [5.74, 6) is 0.